The van der Waals surface area contributed by atoms with E-state index < -0.39 is 5.54 Å². The van der Waals surface area contributed by atoms with Gasteiger partial charge in [0, 0.05) is 11.5 Å². The molecule has 3 aliphatic rings. The van der Waals surface area contributed by atoms with Crippen LogP contribution in [0.25, 0.3) is 0 Å². The number of rotatable bonds is 3. The van der Waals surface area contributed by atoms with Gasteiger partial charge in [-0.25, -0.2) is 4.99 Å². The van der Waals surface area contributed by atoms with Crippen molar-refractivity contribution in [3.8, 4) is 6.07 Å². The molecule has 1 aromatic carbocycles. The molecule has 2 unspecified atom stereocenters. The minimum atomic E-state index is -1.01. The van der Waals surface area contributed by atoms with Crippen LogP contribution in [-0.4, -0.2) is 28.9 Å². The molecule has 1 aromatic rings. The van der Waals surface area contributed by atoms with Gasteiger partial charge < -0.3 is 8.80 Å². The third-order valence-corrected chi connectivity index (χ3v) is 7.75. The van der Waals surface area contributed by atoms with Gasteiger partial charge in [-0.05, 0) is 68.7 Å². The molecule has 1 heterocycles. The zero-order chi connectivity index (χ0) is 20.1. The van der Waals surface area contributed by atoms with Crippen LogP contribution in [0.2, 0.25) is 0 Å². The number of amides is 1. The van der Waals surface area contributed by atoms with Crippen molar-refractivity contribution in [1.29, 1.82) is 5.26 Å². The molecule has 1 saturated carbocycles. The first kappa shape index (κ1) is 19.6. The summed E-state index contributed by atoms with van der Waals surface area (Å²) in [6, 6.07) is 7.90. The highest BCUT2D eigenvalue weighted by molar-refractivity contribution is 14.1. The second-order valence-electron chi connectivity index (χ2n) is 8.34. The maximum atomic E-state index is 13.9. The van der Waals surface area contributed by atoms with E-state index in [4.69, 9.17) is 13.8 Å². The third-order valence-electron chi connectivity index (χ3n) is 7.03. The van der Waals surface area contributed by atoms with Crippen molar-refractivity contribution >= 4 is 34.9 Å². The Labute approximate surface area is 179 Å². The number of hydrogen-bond donors (Lipinski definition) is 1. The van der Waals surface area contributed by atoms with Gasteiger partial charge in [0.1, 0.15) is 23.0 Å². The zero-order valence-electron chi connectivity index (χ0n) is 16.2. The molecule has 28 heavy (non-hydrogen) atoms. The Balaban J connectivity index is 1.89. The van der Waals surface area contributed by atoms with E-state index in [1.54, 1.807) is 4.90 Å². The molecule has 2 atom stereocenters. The fourth-order valence-corrected chi connectivity index (χ4v) is 5.88. The number of nitrogens with zero attached hydrogens (tertiary/aromatic N) is 3. The number of halogens is 1. The van der Waals surface area contributed by atoms with E-state index in [0.717, 1.165) is 49.7 Å². The van der Waals surface area contributed by atoms with Gasteiger partial charge in [0.2, 0.25) is 0 Å². The van der Waals surface area contributed by atoms with Crippen molar-refractivity contribution < 1.29 is 7.86 Å². The van der Waals surface area contributed by atoms with Crippen molar-refractivity contribution in [2.24, 2.45) is 16.1 Å². The maximum absolute atomic E-state index is 13.9. The van der Waals surface area contributed by atoms with E-state index in [1.165, 1.54) is 0 Å². The van der Waals surface area contributed by atoms with Gasteiger partial charge in [-0.1, -0.05) is 13.0 Å². The molecule has 148 valence electrons. The highest BCUT2D eigenvalue weighted by atomic mass is 127. The first-order valence-corrected chi connectivity index (χ1v) is 10.8. The van der Waals surface area contributed by atoms with Gasteiger partial charge in [-0.2, -0.15) is 5.26 Å². The van der Waals surface area contributed by atoms with Crippen LogP contribution in [0, 0.1) is 16.7 Å². The molecule has 7 heteroatoms. The first-order valence-electron chi connectivity index (χ1n) is 9.92. The van der Waals surface area contributed by atoms with E-state index >= 15 is 0 Å². The minimum Gasteiger partial charge on any atom is -0.369 e. The van der Waals surface area contributed by atoms with Crippen LogP contribution in [0.5, 0.6) is 0 Å². The molecule has 1 amide bonds. The summed E-state index contributed by atoms with van der Waals surface area (Å²) < 4.78 is 5.55. The van der Waals surface area contributed by atoms with E-state index in [1.807, 2.05) is 55.1 Å². The average Bonchev–Trinajstić information content (AvgIpc) is 3.13. The molecule has 0 bridgehead atoms. The van der Waals surface area contributed by atoms with E-state index in [-0.39, 0.29) is 23.5 Å². The number of nitriles is 1. The Morgan fingerprint density at radius 3 is 2.79 bits per heavy atom. The molecule has 2 aliphatic carbocycles. The van der Waals surface area contributed by atoms with Gasteiger partial charge in [0.15, 0.2) is 11.5 Å². The summed E-state index contributed by atoms with van der Waals surface area (Å²) in [5.41, 5.74) is 7.56. The number of aliphatic imine (C=N–C) groups is 1. The van der Waals surface area contributed by atoms with E-state index in [9.17, 15) is 10.1 Å². The molecule has 0 radical (unpaired) electrons. The highest BCUT2D eigenvalue weighted by Gasteiger charge is 2.67. The van der Waals surface area contributed by atoms with Gasteiger partial charge in [-0.15, -0.1) is 0 Å². The van der Waals surface area contributed by atoms with E-state index in [0.29, 0.717) is 11.5 Å². The van der Waals surface area contributed by atoms with Crippen LogP contribution in [0.3, 0.4) is 0 Å². The maximum Gasteiger partial charge on any atom is 0.262 e. The average molecular weight is 492 g/mol. The molecule has 6 nitrogen and oxygen atoms in total. The summed E-state index contributed by atoms with van der Waals surface area (Å²) in [7, 11) is 0. The summed E-state index contributed by atoms with van der Waals surface area (Å²) >= 11 is 1.97. The lowest BCUT2D eigenvalue weighted by molar-refractivity contribution is -0.139. The lowest BCUT2D eigenvalue weighted by atomic mass is 9.61. The number of carbonyl (C=O) groups excluding carboxylic acids is 1. The van der Waals surface area contributed by atoms with E-state index in [2.05, 4.69) is 6.07 Å². The summed E-state index contributed by atoms with van der Waals surface area (Å²) in [5, 5.41) is 9.44. The summed E-state index contributed by atoms with van der Waals surface area (Å²) in [6.45, 7) is 4.06. The number of hydrogen-bond acceptors (Lipinski definition) is 5. The highest BCUT2D eigenvalue weighted by Crippen LogP contribution is 2.62. The fourth-order valence-electron chi connectivity index (χ4n) is 5.37. The van der Waals surface area contributed by atoms with Crippen LogP contribution >= 0.6 is 23.0 Å². The van der Waals surface area contributed by atoms with Crippen LogP contribution < -0.4 is 5.73 Å². The molecular formula is C21H25IN4O2. The molecule has 1 fully saturated rings. The summed E-state index contributed by atoms with van der Waals surface area (Å²) in [5.74, 6) is 0.281. The largest absolute Gasteiger partial charge is 0.369 e. The standard InChI is InChI=1S/C21H25IN4O2/c1-3-13(2)26-18(27)21(25-19(26)24)17-10-14(12-23)4-5-15(17)11-20(21)8-6-16(28-22)7-9-20/h4-5,10,13,16H,3,6-9,11H2,1-2H3,(H2,24,25)/t13?,16-,20-,21?. The Morgan fingerprint density at radius 1 is 1.46 bits per heavy atom. The Bertz CT molecular complexity index is 885. The third kappa shape index (κ3) is 2.53. The lowest BCUT2D eigenvalue weighted by Gasteiger charge is -2.45. The van der Waals surface area contributed by atoms with Gasteiger partial charge in [0.25, 0.3) is 5.91 Å². The van der Waals surface area contributed by atoms with Crippen LogP contribution in [-0.2, 0) is 19.8 Å². The topological polar surface area (TPSA) is 91.7 Å². The molecule has 4 rings (SSSR count). The quantitative estimate of drug-likeness (QED) is 0.654. The summed E-state index contributed by atoms with van der Waals surface area (Å²) in [6.07, 6.45) is 5.32. The SMILES string of the molecule is CCC(C)N1C(=O)C2(N=C1N)c1cc(C#N)ccc1C[C@]21CC[C@@H](OI)CC1. The van der Waals surface area contributed by atoms with Crippen LogP contribution in [0.1, 0.15) is 62.6 Å². The zero-order valence-corrected chi connectivity index (χ0v) is 18.4. The molecule has 1 aliphatic heterocycles. The number of nitrogens with two attached hydrogens (primary N) is 1. The second kappa shape index (κ2) is 6.99. The molecule has 0 aromatic heterocycles. The molecule has 2 spiro atoms. The van der Waals surface area contributed by atoms with Crippen molar-refractivity contribution in [3.63, 3.8) is 0 Å². The molecule has 2 N–H and O–H groups in total. The number of benzene rings is 1. The van der Waals surface area contributed by atoms with Crippen molar-refractivity contribution in [3.05, 3.63) is 34.9 Å². The Kier molecular flexibility index (Phi) is 4.91. The normalized spacial score (nSPS) is 32.5. The van der Waals surface area contributed by atoms with Gasteiger partial charge >= 0.3 is 0 Å². The predicted molar refractivity (Wildman–Crippen MR) is 115 cm³/mol. The first-order chi connectivity index (χ1) is 13.4. The minimum absolute atomic E-state index is 0.00936. The van der Waals surface area contributed by atoms with Crippen molar-refractivity contribution in [2.45, 2.75) is 70.1 Å². The molecule has 0 saturated heterocycles. The summed E-state index contributed by atoms with van der Waals surface area (Å²) in [4.78, 5) is 20.5. The monoisotopic (exact) mass is 492 g/mol. The van der Waals surface area contributed by atoms with Crippen molar-refractivity contribution in [1.82, 2.24) is 4.90 Å². The smallest absolute Gasteiger partial charge is 0.262 e. The second-order valence-corrected chi connectivity index (χ2v) is 8.85. The van der Waals surface area contributed by atoms with Crippen LogP contribution in [0.4, 0.5) is 0 Å². The predicted octanol–water partition coefficient (Wildman–Crippen LogP) is 3.56. The van der Waals surface area contributed by atoms with Crippen LogP contribution in [0.15, 0.2) is 23.2 Å². The van der Waals surface area contributed by atoms with Gasteiger partial charge in [0.05, 0.1) is 17.7 Å². The number of guanidine groups is 1. The number of fused-ring (bicyclic) bond motifs is 3. The molecular weight excluding hydrogens is 467 g/mol. The Hall–Kier alpha value is -1.66. The number of carbonyl (C=O) groups is 1. The fraction of sp³-hybridized carbons (Fsp3) is 0.571. The van der Waals surface area contributed by atoms with Crippen molar-refractivity contribution in [2.75, 3.05) is 0 Å². The van der Waals surface area contributed by atoms with Gasteiger partial charge in [-0.3, -0.25) is 9.69 Å². The Morgan fingerprint density at radius 2 is 2.18 bits per heavy atom. The lowest BCUT2D eigenvalue weighted by Crippen LogP contribution is -2.53.